The van der Waals surface area contributed by atoms with Crippen LogP contribution in [0.3, 0.4) is 0 Å². The Hall–Kier alpha value is -1.26. The highest BCUT2D eigenvalue weighted by molar-refractivity contribution is 9.09. The van der Waals surface area contributed by atoms with Gasteiger partial charge in [0.15, 0.2) is 0 Å². The van der Waals surface area contributed by atoms with E-state index in [2.05, 4.69) is 56.1 Å². The fraction of sp³-hybridized carbons (Fsp3) is 0.481. The van der Waals surface area contributed by atoms with E-state index in [1.54, 1.807) is 0 Å². The van der Waals surface area contributed by atoms with E-state index in [0.29, 0.717) is 0 Å². The van der Waals surface area contributed by atoms with E-state index in [1.165, 1.54) is 60.8 Å². The largest absolute Gasteiger partial charge is 0.298 e. The van der Waals surface area contributed by atoms with E-state index >= 15 is 0 Å². The zero-order chi connectivity index (χ0) is 22.1. The van der Waals surface area contributed by atoms with Crippen molar-refractivity contribution in [2.45, 2.75) is 69.6 Å². The SMILES string of the molecule is O=Cc1ccc2c(c1)C(CCCCCCBr)(CCCCCCBr)c1cc(C=O)ccc1-2. The summed E-state index contributed by atoms with van der Waals surface area (Å²) >= 11 is 7.08. The summed E-state index contributed by atoms with van der Waals surface area (Å²) in [6.45, 7) is 0. The van der Waals surface area contributed by atoms with Crippen LogP contribution in [0.25, 0.3) is 11.1 Å². The summed E-state index contributed by atoms with van der Waals surface area (Å²) < 4.78 is 0. The number of benzene rings is 2. The summed E-state index contributed by atoms with van der Waals surface area (Å²) in [4.78, 5) is 23.2. The Morgan fingerprint density at radius 1 is 0.613 bits per heavy atom. The van der Waals surface area contributed by atoms with Gasteiger partial charge in [-0.2, -0.15) is 0 Å². The molecule has 0 heterocycles. The van der Waals surface area contributed by atoms with Gasteiger partial charge in [-0.05, 0) is 60.1 Å². The molecule has 0 fully saturated rings. The van der Waals surface area contributed by atoms with Crippen LogP contribution >= 0.6 is 31.9 Å². The molecule has 0 aliphatic heterocycles. The zero-order valence-electron chi connectivity index (χ0n) is 18.2. The van der Waals surface area contributed by atoms with Gasteiger partial charge in [-0.25, -0.2) is 0 Å². The van der Waals surface area contributed by atoms with Crippen LogP contribution in [0.2, 0.25) is 0 Å². The van der Waals surface area contributed by atoms with Gasteiger partial charge in [0.25, 0.3) is 0 Å². The third-order valence-corrected chi connectivity index (χ3v) is 7.78. The van der Waals surface area contributed by atoms with Crippen molar-refractivity contribution >= 4 is 44.4 Å². The lowest BCUT2D eigenvalue weighted by molar-refractivity contribution is 0.111. The number of carbonyl (C=O) groups excluding carboxylic acids is 2. The van der Waals surface area contributed by atoms with E-state index in [4.69, 9.17) is 0 Å². The van der Waals surface area contributed by atoms with Crippen LogP contribution < -0.4 is 0 Å². The zero-order valence-corrected chi connectivity index (χ0v) is 21.3. The molecule has 0 unspecified atom stereocenters. The van der Waals surface area contributed by atoms with Crippen molar-refractivity contribution in [2.24, 2.45) is 0 Å². The molecule has 0 saturated carbocycles. The second kappa shape index (κ2) is 12.1. The Morgan fingerprint density at radius 3 is 1.42 bits per heavy atom. The van der Waals surface area contributed by atoms with E-state index in [0.717, 1.165) is 60.0 Å². The van der Waals surface area contributed by atoms with Crippen molar-refractivity contribution in [2.75, 3.05) is 10.7 Å². The van der Waals surface area contributed by atoms with Crippen LogP contribution in [0.15, 0.2) is 36.4 Å². The van der Waals surface area contributed by atoms with Gasteiger partial charge < -0.3 is 0 Å². The Bertz CT molecular complexity index is 817. The predicted octanol–water partition coefficient (Wildman–Crippen LogP) is 8.27. The summed E-state index contributed by atoms with van der Waals surface area (Å²) in [7, 11) is 0. The lowest BCUT2D eigenvalue weighted by Gasteiger charge is -2.33. The molecule has 2 aromatic rings. The molecule has 0 radical (unpaired) electrons. The molecule has 4 heteroatoms. The van der Waals surface area contributed by atoms with Crippen molar-refractivity contribution in [1.82, 2.24) is 0 Å². The summed E-state index contributed by atoms with van der Waals surface area (Å²) in [6, 6.07) is 12.3. The molecule has 3 rings (SSSR count). The molecule has 2 nitrogen and oxygen atoms in total. The average molecular weight is 548 g/mol. The molecule has 1 aliphatic rings. The fourth-order valence-corrected chi connectivity index (χ4v) is 5.88. The van der Waals surface area contributed by atoms with Crippen LogP contribution in [-0.2, 0) is 5.41 Å². The number of halogens is 2. The van der Waals surface area contributed by atoms with Gasteiger partial charge in [0.05, 0.1) is 0 Å². The van der Waals surface area contributed by atoms with Crippen LogP contribution in [0.5, 0.6) is 0 Å². The van der Waals surface area contributed by atoms with Gasteiger partial charge in [-0.1, -0.05) is 94.7 Å². The molecule has 0 atom stereocenters. The summed E-state index contributed by atoms with van der Waals surface area (Å²) in [5.41, 5.74) is 6.42. The molecule has 2 aromatic carbocycles. The maximum atomic E-state index is 11.6. The lowest BCUT2D eigenvalue weighted by atomic mass is 9.70. The van der Waals surface area contributed by atoms with E-state index in [1.807, 2.05) is 12.1 Å². The molecule has 0 saturated heterocycles. The minimum absolute atomic E-state index is 0.106. The molecule has 0 aromatic heterocycles. The van der Waals surface area contributed by atoms with Gasteiger partial charge in [0.2, 0.25) is 0 Å². The number of alkyl halides is 2. The molecule has 1 aliphatic carbocycles. The van der Waals surface area contributed by atoms with Gasteiger partial charge in [0, 0.05) is 27.2 Å². The molecule has 31 heavy (non-hydrogen) atoms. The number of carbonyl (C=O) groups is 2. The van der Waals surface area contributed by atoms with Crippen molar-refractivity contribution in [3.63, 3.8) is 0 Å². The standard InChI is InChI=1S/C27H32Br2O2/c28-15-7-3-1-5-13-27(14-6-2-4-8-16-29)25-17-21(19-30)9-11-23(25)24-12-10-22(20-31)18-26(24)27/h9-12,17-20H,1-8,13-16H2. The third kappa shape index (κ3) is 5.57. The molecule has 0 spiro atoms. The number of unbranched alkanes of at least 4 members (excludes halogenated alkanes) is 6. The first-order chi connectivity index (χ1) is 15.2. The number of fused-ring (bicyclic) bond motifs is 3. The normalized spacial score (nSPS) is 13.6. The minimum Gasteiger partial charge on any atom is -0.298 e. The van der Waals surface area contributed by atoms with E-state index < -0.39 is 0 Å². The first-order valence-electron chi connectivity index (χ1n) is 11.5. The van der Waals surface area contributed by atoms with Crippen molar-refractivity contribution < 1.29 is 9.59 Å². The molecule has 166 valence electrons. The van der Waals surface area contributed by atoms with Crippen molar-refractivity contribution in [3.05, 3.63) is 58.7 Å². The first-order valence-corrected chi connectivity index (χ1v) is 13.8. The van der Waals surface area contributed by atoms with Gasteiger partial charge in [0.1, 0.15) is 12.6 Å². The monoisotopic (exact) mass is 546 g/mol. The highest BCUT2D eigenvalue weighted by atomic mass is 79.9. The van der Waals surface area contributed by atoms with Gasteiger partial charge in [-0.3, -0.25) is 9.59 Å². The lowest BCUT2D eigenvalue weighted by Crippen LogP contribution is -2.26. The molecular formula is C27H32Br2O2. The van der Waals surface area contributed by atoms with E-state index in [9.17, 15) is 9.59 Å². The quantitative estimate of drug-likeness (QED) is 0.135. The highest BCUT2D eigenvalue weighted by Crippen LogP contribution is 2.54. The van der Waals surface area contributed by atoms with Crippen molar-refractivity contribution in [1.29, 1.82) is 0 Å². The van der Waals surface area contributed by atoms with Crippen LogP contribution in [0.4, 0.5) is 0 Å². The maximum Gasteiger partial charge on any atom is 0.150 e. The second-order valence-electron chi connectivity index (χ2n) is 8.63. The van der Waals surface area contributed by atoms with Gasteiger partial charge >= 0.3 is 0 Å². The van der Waals surface area contributed by atoms with Crippen LogP contribution in [0, 0.1) is 0 Å². The predicted molar refractivity (Wildman–Crippen MR) is 137 cm³/mol. The number of hydrogen-bond acceptors (Lipinski definition) is 2. The van der Waals surface area contributed by atoms with Gasteiger partial charge in [-0.15, -0.1) is 0 Å². The Balaban J connectivity index is 2.00. The summed E-state index contributed by atoms with van der Waals surface area (Å²) in [5, 5.41) is 2.12. The van der Waals surface area contributed by atoms with Crippen LogP contribution in [-0.4, -0.2) is 23.2 Å². The minimum atomic E-state index is -0.106. The van der Waals surface area contributed by atoms with Crippen LogP contribution in [0.1, 0.15) is 96.1 Å². The first kappa shape index (κ1) is 24.4. The fourth-order valence-electron chi connectivity index (χ4n) is 5.09. The average Bonchev–Trinajstić information content (AvgIpc) is 3.07. The smallest absolute Gasteiger partial charge is 0.150 e. The Morgan fingerprint density at radius 2 is 1.03 bits per heavy atom. The molecule has 0 N–H and O–H groups in total. The highest BCUT2D eigenvalue weighted by Gasteiger charge is 2.42. The number of hydrogen-bond donors (Lipinski definition) is 0. The second-order valence-corrected chi connectivity index (χ2v) is 10.2. The third-order valence-electron chi connectivity index (χ3n) is 6.66. The summed E-state index contributed by atoms with van der Waals surface area (Å²) in [5.74, 6) is 0. The van der Waals surface area contributed by atoms with E-state index in [-0.39, 0.29) is 5.41 Å². The number of aldehydes is 2. The Kier molecular flexibility index (Phi) is 9.52. The summed E-state index contributed by atoms with van der Waals surface area (Å²) in [6.07, 6.45) is 13.7. The maximum absolute atomic E-state index is 11.6. The molecule has 0 amide bonds. The number of rotatable bonds is 14. The molecular weight excluding hydrogens is 516 g/mol. The molecule has 0 bridgehead atoms. The van der Waals surface area contributed by atoms with Crippen molar-refractivity contribution in [3.8, 4) is 11.1 Å². The topological polar surface area (TPSA) is 34.1 Å². The Labute approximate surface area is 203 Å².